The summed E-state index contributed by atoms with van der Waals surface area (Å²) in [6, 6.07) is 6.47. The number of sulfonamides is 1. The number of rotatable bonds is 2. The highest BCUT2D eigenvalue weighted by Crippen LogP contribution is 2.25. The van der Waals surface area contributed by atoms with Crippen LogP contribution in [0.3, 0.4) is 0 Å². The molecule has 4 nitrogen and oxygen atoms in total. The normalized spacial score (nSPS) is 18.2. The van der Waals surface area contributed by atoms with Gasteiger partial charge < -0.3 is 0 Å². The first-order chi connectivity index (χ1) is 9.72. The van der Waals surface area contributed by atoms with Gasteiger partial charge in [0.05, 0.1) is 15.1 Å². The zero-order chi connectivity index (χ0) is 15.8. The molecule has 1 aromatic rings. The van der Waals surface area contributed by atoms with Crippen molar-refractivity contribution in [3.05, 3.63) is 51.5 Å². The van der Waals surface area contributed by atoms with Crippen molar-refractivity contribution in [2.24, 2.45) is 4.40 Å². The van der Waals surface area contributed by atoms with Crippen molar-refractivity contribution >= 4 is 37.4 Å². The summed E-state index contributed by atoms with van der Waals surface area (Å²) in [6.07, 6.45) is 1.48. The number of nitrogens with zero attached hydrogens (tertiary/aromatic N) is 1. The van der Waals surface area contributed by atoms with Gasteiger partial charge >= 0.3 is 0 Å². The number of carbonyl (C=O) groups excluding carboxylic acids is 1. The van der Waals surface area contributed by atoms with Gasteiger partial charge in [0, 0.05) is 5.57 Å². The molecule has 1 aromatic carbocycles. The first-order valence-corrected chi connectivity index (χ1v) is 8.47. The van der Waals surface area contributed by atoms with Crippen molar-refractivity contribution in [2.75, 3.05) is 0 Å². The highest BCUT2D eigenvalue weighted by Gasteiger charge is 2.23. The summed E-state index contributed by atoms with van der Waals surface area (Å²) in [6.45, 7) is 5.15. The number of aryl methyl sites for hydroxylation is 1. The second-order valence-electron chi connectivity index (χ2n) is 4.86. The van der Waals surface area contributed by atoms with Gasteiger partial charge in [-0.1, -0.05) is 17.7 Å². The van der Waals surface area contributed by atoms with E-state index in [0.29, 0.717) is 15.6 Å². The van der Waals surface area contributed by atoms with E-state index >= 15 is 0 Å². The Kier molecular flexibility index (Phi) is 4.30. The molecular formula is C15H14BrNO3S. The summed E-state index contributed by atoms with van der Waals surface area (Å²) in [7, 11) is -3.81. The maximum absolute atomic E-state index is 12.3. The van der Waals surface area contributed by atoms with Crippen molar-refractivity contribution in [3.8, 4) is 0 Å². The lowest BCUT2D eigenvalue weighted by atomic mass is 9.98. The van der Waals surface area contributed by atoms with Crippen LogP contribution in [0.4, 0.5) is 0 Å². The monoisotopic (exact) mass is 367 g/mol. The van der Waals surface area contributed by atoms with E-state index < -0.39 is 10.0 Å². The molecule has 0 aliphatic heterocycles. The number of Topliss-reactive ketones (excluding diaryl/α,β-unsaturated/α-hetero) is 1. The zero-order valence-corrected chi connectivity index (χ0v) is 14.2. The zero-order valence-electron chi connectivity index (χ0n) is 11.8. The number of allylic oxidation sites excluding steroid dienone is 4. The number of carbonyl (C=O) groups is 1. The van der Waals surface area contributed by atoms with Crippen LogP contribution in [0.25, 0.3) is 0 Å². The quantitative estimate of drug-likeness (QED) is 0.753. The summed E-state index contributed by atoms with van der Waals surface area (Å²) >= 11 is 3.24. The van der Waals surface area contributed by atoms with Gasteiger partial charge in [0.15, 0.2) is 5.78 Å². The van der Waals surface area contributed by atoms with E-state index in [1.165, 1.54) is 18.2 Å². The predicted molar refractivity (Wildman–Crippen MR) is 86.2 cm³/mol. The van der Waals surface area contributed by atoms with Gasteiger partial charge in [-0.05, 0) is 60.5 Å². The molecule has 0 saturated heterocycles. The molecule has 0 saturated carbocycles. The largest absolute Gasteiger partial charge is 0.289 e. The standard InChI is InChI=1S/C15H14BrNO3S/c1-9-4-6-12(7-5-9)21(19,20)17-13-8-10(2)15(18)11(3)14(13)16/h4-8H,1-3H3/b17-13+. The van der Waals surface area contributed by atoms with Crippen molar-refractivity contribution in [3.63, 3.8) is 0 Å². The molecular weight excluding hydrogens is 354 g/mol. The molecule has 0 radical (unpaired) electrons. The van der Waals surface area contributed by atoms with Crippen LogP contribution < -0.4 is 0 Å². The van der Waals surface area contributed by atoms with Crippen LogP contribution in [-0.2, 0) is 14.8 Å². The summed E-state index contributed by atoms with van der Waals surface area (Å²) in [5, 5.41) is 0. The van der Waals surface area contributed by atoms with Crippen molar-refractivity contribution in [1.82, 2.24) is 0 Å². The first kappa shape index (κ1) is 15.9. The molecule has 110 valence electrons. The van der Waals surface area contributed by atoms with Gasteiger partial charge in [0.1, 0.15) is 0 Å². The van der Waals surface area contributed by atoms with Crippen LogP contribution in [0, 0.1) is 6.92 Å². The molecule has 2 rings (SSSR count). The highest BCUT2D eigenvalue weighted by atomic mass is 79.9. The number of hydrogen-bond acceptors (Lipinski definition) is 3. The summed E-state index contributed by atoms with van der Waals surface area (Å²) in [5.74, 6) is -0.117. The molecule has 0 bridgehead atoms. The van der Waals surface area contributed by atoms with Crippen molar-refractivity contribution in [2.45, 2.75) is 25.7 Å². The lowest BCUT2D eigenvalue weighted by Crippen LogP contribution is -2.15. The Morgan fingerprint density at radius 2 is 1.62 bits per heavy atom. The molecule has 0 unspecified atom stereocenters. The lowest BCUT2D eigenvalue weighted by molar-refractivity contribution is -0.112. The van der Waals surface area contributed by atoms with Gasteiger partial charge in [-0.2, -0.15) is 12.8 Å². The van der Waals surface area contributed by atoms with Gasteiger partial charge in [-0.3, -0.25) is 4.79 Å². The molecule has 0 aromatic heterocycles. The molecule has 0 N–H and O–H groups in total. The lowest BCUT2D eigenvalue weighted by Gasteiger charge is -2.13. The van der Waals surface area contributed by atoms with Gasteiger partial charge in [0.2, 0.25) is 0 Å². The molecule has 0 fully saturated rings. The Bertz CT molecular complexity index is 800. The van der Waals surface area contributed by atoms with E-state index in [9.17, 15) is 13.2 Å². The maximum Gasteiger partial charge on any atom is 0.282 e. The maximum atomic E-state index is 12.3. The van der Waals surface area contributed by atoms with Crippen LogP contribution in [0.5, 0.6) is 0 Å². The number of halogens is 1. The minimum Gasteiger partial charge on any atom is -0.289 e. The number of hydrogen-bond donors (Lipinski definition) is 0. The average Bonchev–Trinajstić information content (AvgIpc) is 2.42. The topological polar surface area (TPSA) is 63.6 Å². The minimum absolute atomic E-state index is 0.117. The fraction of sp³-hybridized carbons (Fsp3) is 0.200. The van der Waals surface area contributed by atoms with E-state index in [0.717, 1.165) is 5.56 Å². The smallest absolute Gasteiger partial charge is 0.282 e. The Morgan fingerprint density at radius 1 is 1.05 bits per heavy atom. The van der Waals surface area contributed by atoms with Crippen molar-refractivity contribution in [1.29, 1.82) is 0 Å². The van der Waals surface area contributed by atoms with Gasteiger partial charge in [-0.15, -0.1) is 0 Å². The van der Waals surface area contributed by atoms with Crippen LogP contribution in [0.1, 0.15) is 19.4 Å². The summed E-state index contributed by atoms with van der Waals surface area (Å²) in [4.78, 5) is 11.9. The van der Waals surface area contributed by atoms with Crippen molar-refractivity contribution < 1.29 is 13.2 Å². The molecule has 0 spiro atoms. The third-order valence-corrected chi connectivity index (χ3v) is 5.45. The Balaban J connectivity index is 2.52. The Labute approximate surface area is 132 Å². The van der Waals surface area contributed by atoms with Crippen LogP contribution in [0.2, 0.25) is 0 Å². The number of benzene rings is 1. The number of ketones is 1. The van der Waals surface area contributed by atoms with E-state index in [-0.39, 0.29) is 16.4 Å². The Morgan fingerprint density at radius 3 is 2.19 bits per heavy atom. The molecule has 0 amide bonds. The molecule has 0 heterocycles. The van der Waals surface area contributed by atoms with Gasteiger partial charge in [0.25, 0.3) is 10.0 Å². The highest BCUT2D eigenvalue weighted by molar-refractivity contribution is 9.12. The fourth-order valence-electron chi connectivity index (χ4n) is 1.88. The average molecular weight is 368 g/mol. The molecule has 1 aliphatic carbocycles. The van der Waals surface area contributed by atoms with Crippen LogP contribution in [-0.4, -0.2) is 19.9 Å². The van der Waals surface area contributed by atoms with Gasteiger partial charge in [-0.25, -0.2) is 0 Å². The van der Waals surface area contributed by atoms with E-state index in [4.69, 9.17) is 0 Å². The van der Waals surface area contributed by atoms with E-state index in [1.807, 2.05) is 6.92 Å². The minimum atomic E-state index is -3.81. The predicted octanol–water partition coefficient (Wildman–Crippen LogP) is 3.32. The van der Waals surface area contributed by atoms with Crippen LogP contribution in [0.15, 0.2) is 55.3 Å². The molecule has 0 atom stereocenters. The summed E-state index contributed by atoms with van der Waals surface area (Å²) < 4.78 is 28.9. The molecule has 21 heavy (non-hydrogen) atoms. The third-order valence-electron chi connectivity index (χ3n) is 3.14. The molecule has 6 heteroatoms. The van der Waals surface area contributed by atoms with Crippen LogP contribution >= 0.6 is 15.9 Å². The second kappa shape index (κ2) is 5.69. The fourth-order valence-corrected chi connectivity index (χ4v) is 3.37. The molecule has 1 aliphatic rings. The third kappa shape index (κ3) is 3.22. The Hall–Kier alpha value is -1.53. The first-order valence-electron chi connectivity index (χ1n) is 6.24. The van der Waals surface area contributed by atoms with E-state index in [1.54, 1.807) is 26.0 Å². The summed E-state index contributed by atoms with van der Waals surface area (Å²) in [5.41, 5.74) is 2.13. The second-order valence-corrected chi connectivity index (χ2v) is 7.26. The van der Waals surface area contributed by atoms with E-state index in [2.05, 4.69) is 20.3 Å². The SMILES string of the molecule is CC1=C/C(=N\S(=O)(=O)c2ccc(C)cc2)C(Br)=C(C)C1=O.